The first-order valence-corrected chi connectivity index (χ1v) is 6.96. The van der Waals surface area contributed by atoms with Crippen molar-refractivity contribution >= 4 is 0 Å². The van der Waals surface area contributed by atoms with Crippen LogP contribution in [-0.2, 0) is 6.42 Å². The minimum atomic E-state index is -0.672. The maximum absolute atomic E-state index is 10.3. The summed E-state index contributed by atoms with van der Waals surface area (Å²) in [5.74, 6) is 0.561. The van der Waals surface area contributed by atoms with E-state index in [-0.39, 0.29) is 0 Å². The van der Waals surface area contributed by atoms with E-state index >= 15 is 0 Å². The van der Waals surface area contributed by atoms with Crippen LogP contribution in [-0.4, -0.2) is 23.8 Å². The zero-order valence-corrected chi connectivity index (χ0v) is 12.2. The molecule has 1 atom stereocenters. The van der Waals surface area contributed by atoms with Gasteiger partial charge in [0, 0.05) is 13.0 Å². The van der Waals surface area contributed by atoms with Gasteiger partial charge >= 0.3 is 0 Å². The lowest BCUT2D eigenvalue weighted by atomic mass is 9.94. The third kappa shape index (κ3) is 5.19. The molecule has 1 unspecified atom stereocenters. The average molecular weight is 249 g/mol. The largest absolute Gasteiger partial charge is 0.389 e. The molecule has 1 aromatic rings. The smallest absolute Gasteiger partial charge is 0.0783 e. The first-order valence-electron chi connectivity index (χ1n) is 6.96. The molecular weight excluding hydrogens is 222 g/mol. The van der Waals surface area contributed by atoms with Crippen LogP contribution >= 0.6 is 0 Å². The van der Waals surface area contributed by atoms with Crippen LogP contribution in [0.5, 0.6) is 0 Å². The van der Waals surface area contributed by atoms with Crippen molar-refractivity contribution in [3.63, 3.8) is 0 Å². The van der Waals surface area contributed by atoms with E-state index in [2.05, 4.69) is 50.4 Å². The van der Waals surface area contributed by atoms with E-state index in [1.807, 2.05) is 6.92 Å². The number of nitrogens with one attached hydrogen (secondary N) is 1. The number of hydrogen-bond donors (Lipinski definition) is 2. The molecule has 2 heteroatoms. The van der Waals surface area contributed by atoms with Crippen molar-refractivity contribution in [2.75, 3.05) is 13.1 Å². The summed E-state index contributed by atoms with van der Waals surface area (Å²) < 4.78 is 0. The second kappa shape index (κ2) is 6.91. The van der Waals surface area contributed by atoms with Gasteiger partial charge < -0.3 is 10.4 Å². The van der Waals surface area contributed by atoms with Crippen LogP contribution < -0.4 is 5.32 Å². The van der Waals surface area contributed by atoms with E-state index in [1.165, 1.54) is 11.1 Å². The quantitative estimate of drug-likeness (QED) is 0.728. The van der Waals surface area contributed by atoms with Gasteiger partial charge in [0.1, 0.15) is 0 Å². The third-order valence-electron chi connectivity index (χ3n) is 3.16. The van der Waals surface area contributed by atoms with Crippen LogP contribution in [0.3, 0.4) is 0 Å². The highest BCUT2D eigenvalue weighted by Gasteiger charge is 2.20. The Morgan fingerprint density at radius 2 is 1.83 bits per heavy atom. The fraction of sp³-hybridized carbons (Fsp3) is 0.625. The molecule has 0 heterocycles. The normalized spacial score (nSPS) is 14.8. The number of aliphatic hydroxyl groups is 1. The van der Waals surface area contributed by atoms with E-state index < -0.39 is 5.60 Å². The van der Waals surface area contributed by atoms with E-state index in [0.29, 0.717) is 18.9 Å². The second-order valence-corrected chi connectivity index (χ2v) is 5.75. The summed E-state index contributed by atoms with van der Waals surface area (Å²) in [6, 6.07) is 8.58. The standard InChI is InChI=1S/C16H27NO/c1-5-10-17-12-16(4,18)11-14-6-8-15(9-7-14)13(2)3/h6-9,13,17-18H,5,10-12H2,1-4H3. The monoisotopic (exact) mass is 249 g/mol. The molecule has 0 fully saturated rings. The van der Waals surface area contributed by atoms with Crippen LogP contribution in [0.1, 0.15) is 51.2 Å². The molecule has 1 aromatic carbocycles. The topological polar surface area (TPSA) is 32.3 Å². The van der Waals surface area contributed by atoms with Gasteiger partial charge in [-0.2, -0.15) is 0 Å². The Labute approximate surface area is 111 Å². The number of benzene rings is 1. The highest BCUT2D eigenvalue weighted by atomic mass is 16.3. The van der Waals surface area contributed by atoms with Crippen molar-refractivity contribution in [1.29, 1.82) is 0 Å². The van der Waals surface area contributed by atoms with E-state index in [9.17, 15) is 5.11 Å². The molecule has 2 nitrogen and oxygen atoms in total. The molecule has 0 aliphatic heterocycles. The molecule has 18 heavy (non-hydrogen) atoms. The van der Waals surface area contributed by atoms with Gasteiger partial charge in [-0.25, -0.2) is 0 Å². The van der Waals surface area contributed by atoms with Gasteiger partial charge in [-0.3, -0.25) is 0 Å². The lowest BCUT2D eigenvalue weighted by molar-refractivity contribution is 0.0604. The van der Waals surface area contributed by atoms with Crippen LogP contribution in [0.2, 0.25) is 0 Å². The van der Waals surface area contributed by atoms with E-state index in [4.69, 9.17) is 0 Å². The maximum Gasteiger partial charge on any atom is 0.0783 e. The van der Waals surface area contributed by atoms with Gasteiger partial charge in [-0.15, -0.1) is 0 Å². The van der Waals surface area contributed by atoms with Crippen molar-refractivity contribution in [1.82, 2.24) is 5.32 Å². The Kier molecular flexibility index (Phi) is 5.83. The average Bonchev–Trinajstić information content (AvgIpc) is 2.29. The van der Waals surface area contributed by atoms with Crippen LogP contribution in [0.25, 0.3) is 0 Å². The van der Waals surface area contributed by atoms with Gasteiger partial charge in [-0.1, -0.05) is 45.0 Å². The summed E-state index contributed by atoms with van der Waals surface area (Å²) >= 11 is 0. The zero-order chi connectivity index (χ0) is 13.6. The Morgan fingerprint density at radius 1 is 1.22 bits per heavy atom. The fourth-order valence-corrected chi connectivity index (χ4v) is 2.06. The third-order valence-corrected chi connectivity index (χ3v) is 3.16. The molecule has 0 spiro atoms. The van der Waals surface area contributed by atoms with Crippen LogP contribution in [0, 0.1) is 0 Å². The molecule has 0 aliphatic carbocycles. The predicted molar refractivity (Wildman–Crippen MR) is 78.0 cm³/mol. The van der Waals surface area contributed by atoms with Crippen molar-refractivity contribution in [2.24, 2.45) is 0 Å². The minimum absolute atomic E-state index is 0.561. The molecule has 102 valence electrons. The van der Waals surface area contributed by atoms with Gasteiger partial charge in [0.05, 0.1) is 5.60 Å². The molecule has 0 saturated carbocycles. The van der Waals surface area contributed by atoms with E-state index in [1.54, 1.807) is 0 Å². The van der Waals surface area contributed by atoms with E-state index in [0.717, 1.165) is 13.0 Å². The molecule has 0 bridgehead atoms. The summed E-state index contributed by atoms with van der Waals surface area (Å²) in [7, 11) is 0. The van der Waals surface area contributed by atoms with Crippen LogP contribution in [0.15, 0.2) is 24.3 Å². The Morgan fingerprint density at radius 3 is 2.33 bits per heavy atom. The van der Waals surface area contributed by atoms with Gasteiger partial charge in [0.15, 0.2) is 0 Å². The molecular formula is C16H27NO. The molecule has 2 N–H and O–H groups in total. The first kappa shape index (κ1) is 15.2. The highest BCUT2D eigenvalue weighted by Crippen LogP contribution is 2.17. The Bertz CT molecular complexity index is 341. The first-order chi connectivity index (χ1) is 8.44. The maximum atomic E-state index is 10.3. The molecule has 1 rings (SSSR count). The van der Waals surface area contributed by atoms with Gasteiger partial charge in [0.2, 0.25) is 0 Å². The van der Waals surface area contributed by atoms with Crippen molar-refractivity contribution in [3.8, 4) is 0 Å². The SMILES string of the molecule is CCCNCC(C)(O)Cc1ccc(C(C)C)cc1. The van der Waals surface area contributed by atoms with Gasteiger partial charge in [-0.05, 0) is 36.9 Å². The van der Waals surface area contributed by atoms with Crippen molar-refractivity contribution in [2.45, 2.75) is 52.1 Å². The summed E-state index contributed by atoms with van der Waals surface area (Å²) in [5, 5.41) is 13.6. The second-order valence-electron chi connectivity index (χ2n) is 5.75. The summed E-state index contributed by atoms with van der Waals surface area (Å²) in [6.07, 6.45) is 1.79. The molecule has 0 saturated heterocycles. The lowest BCUT2D eigenvalue weighted by Gasteiger charge is -2.24. The summed E-state index contributed by atoms with van der Waals surface area (Å²) in [5.41, 5.74) is 1.87. The molecule has 0 aromatic heterocycles. The minimum Gasteiger partial charge on any atom is -0.389 e. The highest BCUT2D eigenvalue weighted by molar-refractivity contribution is 5.25. The number of hydrogen-bond acceptors (Lipinski definition) is 2. The zero-order valence-electron chi connectivity index (χ0n) is 12.2. The molecule has 0 aliphatic rings. The number of rotatable bonds is 7. The summed E-state index contributed by atoms with van der Waals surface area (Å²) in [4.78, 5) is 0. The van der Waals surface area contributed by atoms with Crippen molar-refractivity contribution < 1.29 is 5.11 Å². The fourth-order valence-electron chi connectivity index (χ4n) is 2.06. The molecule has 0 amide bonds. The summed E-state index contributed by atoms with van der Waals surface area (Å²) in [6.45, 7) is 10.0. The van der Waals surface area contributed by atoms with Crippen LogP contribution in [0.4, 0.5) is 0 Å². The Hall–Kier alpha value is -0.860. The van der Waals surface area contributed by atoms with Gasteiger partial charge in [0.25, 0.3) is 0 Å². The lowest BCUT2D eigenvalue weighted by Crippen LogP contribution is -2.40. The van der Waals surface area contributed by atoms with Crippen molar-refractivity contribution in [3.05, 3.63) is 35.4 Å². The Balaban J connectivity index is 2.55. The predicted octanol–water partition coefficient (Wildman–Crippen LogP) is 3.10. The molecule has 0 radical (unpaired) electrons.